The van der Waals surface area contributed by atoms with Crippen molar-refractivity contribution in [1.29, 1.82) is 0 Å². The highest BCUT2D eigenvalue weighted by Crippen LogP contribution is 2.32. The van der Waals surface area contributed by atoms with E-state index in [4.69, 9.17) is 0 Å². The van der Waals surface area contributed by atoms with Crippen LogP contribution in [0.4, 0.5) is 0 Å². The molecule has 1 aromatic carbocycles. The number of aromatic amines is 1. The molecule has 5 heteroatoms. The molecule has 4 rings (SSSR count). The van der Waals surface area contributed by atoms with Gasteiger partial charge in [-0.15, -0.1) is 6.58 Å². The van der Waals surface area contributed by atoms with Crippen molar-refractivity contribution in [3.8, 4) is 0 Å². The first-order valence-corrected chi connectivity index (χ1v) is 7.46. The molecule has 3 heterocycles. The number of aromatic nitrogens is 1. The van der Waals surface area contributed by atoms with E-state index in [9.17, 15) is 9.59 Å². The normalized spacial score (nSPS) is 21.0. The number of hydrogen-bond acceptors (Lipinski definition) is 2. The Morgan fingerprint density at radius 1 is 1.27 bits per heavy atom. The van der Waals surface area contributed by atoms with Gasteiger partial charge < -0.3 is 14.8 Å². The minimum absolute atomic E-state index is 0.00996. The number of hydrogen-bond donors (Lipinski definition) is 1. The predicted molar refractivity (Wildman–Crippen MR) is 83.1 cm³/mol. The lowest BCUT2D eigenvalue weighted by molar-refractivity contribution is -0.156. The Kier molecular flexibility index (Phi) is 2.82. The molecular formula is C17H17N3O2. The van der Waals surface area contributed by atoms with Crippen molar-refractivity contribution in [3.05, 3.63) is 48.2 Å². The molecule has 2 amide bonds. The van der Waals surface area contributed by atoms with Crippen LogP contribution in [0.5, 0.6) is 0 Å². The molecular weight excluding hydrogens is 278 g/mol. The van der Waals surface area contributed by atoms with E-state index in [1.165, 1.54) is 5.56 Å². The number of amides is 2. The van der Waals surface area contributed by atoms with Crippen LogP contribution in [0.3, 0.4) is 0 Å². The van der Waals surface area contributed by atoms with Crippen molar-refractivity contribution in [2.45, 2.75) is 19.0 Å². The average Bonchev–Trinajstić information content (AvgIpc) is 2.89. The van der Waals surface area contributed by atoms with Gasteiger partial charge in [-0.2, -0.15) is 0 Å². The first-order valence-electron chi connectivity index (χ1n) is 7.46. The summed E-state index contributed by atoms with van der Waals surface area (Å²) >= 11 is 0. The van der Waals surface area contributed by atoms with Gasteiger partial charge in [0.25, 0.3) is 0 Å². The number of piperazine rings is 1. The minimum Gasteiger partial charge on any atom is -0.357 e. The molecule has 0 saturated carbocycles. The molecule has 0 unspecified atom stereocenters. The maximum Gasteiger partial charge on any atom is 0.246 e. The Hall–Kier alpha value is -2.56. The van der Waals surface area contributed by atoms with Crippen molar-refractivity contribution in [1.82, 2.24) is 14.8 Å². The molecule has 22 heavy (non-hydrogen) atoms. The van der Waals surface area contributed by atoms with Gasteiger partial charge in [-0.05, 0) is 11.6 Å². The molecule has 1 fully saturated rings. The molecule has 0 spiro atoms. The van der Waals surface area contributed by atoms with E-state index >= 15 is 0 Å². The summed E-state index contributed by atoms with van der Waals surface area (Å²) in [5.74, 6) is 0.0335. The van der Waals surface area contributed by atoms with E-state index in [1.54, 1.807) is 15.9 Å². The number of benzene rings is 1. The Morgan fingerprint density at radius 3 is 2.91 bits per heavy atom. The molecule has 1 atom stereocenters. The average molecular weight is 295 g/mol. The fourth-order valence-electron chi connectivity index (χ4n) is 3.54. The molecule has 5 nitrogen and oxygen atoms in total. The predicted octanol–water partition coefficient (Wildman–Crippen LogP) is 1.45. The molecule has 2 aromatic rings. The lowest BCUT2D eigenvalue weighted by atomic mass is 9.94. The Labute approximate surface area is 128 Å². The Balaban J connectivity index is 1.76. The molecule has 0 aliphatic carbocycles. The first kappa shape index (κ1) is 13.1. The maximum absolute atomic E-state index is 12.6. The molecule has 2 aliphatic rings. The summed E-state index contributed by atoms with van der Waals surface area (Å²) in [6, 6.07) is 7.70. The van der Waals surface area contributed by atoms with Crippen LogP contribution in [0.2, 0.25) is 0 Å². The van der Waals surface area contributed by atoms with Crippen molar-refractivity contribution in [2.24, 2.45) is 0 Å². The van der Waals surface area contributed by atoms with Crippen LogP contribution in [0.1, 0.15) is 11.3 Å². The van der Waals surface area contributed by atoms with E-state index in [2.05, 4.69) is 17.6 Å². The van der Waals surface area contributed by atoms with Crippen LogP contribution >= 0.6 is 0 Å². The standard InChI is InChI=1S/C17H17N3O2/c1-2-7-19-10-16(21)20-9-14-12(8-15(20)17(19)22)11-5-3-4-6-13(11)18-14/h2-6,15,18H,1,7-10H2/t15-/m1/s1. The van der Waals surface area contributed by atoms with E-state index in [1.807, 2.05) is 18.2 Å². The second-order valence-corrected chi connectivity index (χ2v) is 5.88. The highest BCUT2D eigenvalue weighted by Gasteiger charge is 2.42. The Bertz CT molecular complexity index is 792. The second kappa shape index (κ2) is 4.73. The summed E-state index contributed by atoms with van der Waals surface area (Å²) in [5, 5.41) is 1.15. The lowest BCUT2D eigenvalue weighted by Crippen LogP contribution is -2.61. The molecule has 1 aromatic heterocycles. The van der Waals surface area contributed by atoms with Gasteiger partial charge in [0.2, 0.25) is 11.8 Å². The molecule has 1 saturated heterocycles. The maximum atomic E-state index is 12.6. The number of rotatable bonds is 2. The summed E-state index contributed by atoms with van der Waals surface area (Å²) in [7, 11) is 0. The van der Waals surface area contributed by atoms with E-state index < -0.39 is 0 Å². The van der Waals surface area contributed by atoms with Gasteiger partial charge in [0.15, 0.2) is 0 Å². The smallest absolute Gasteiger partial charge is 0.246 e. The molecule has 2 aliphatic heterocycles. The third kappa shape index (κ3) is 1.78. The van der Waals surface area contributed by atoms with Crippen molar-refractivity contribution >= 4 is 22.7 Å². The van der Waals surface area contributed by atoms with Gasteiger partial charge >= 0.3 is 0 Å². The van der Waals surface area contributed by atoms with Crippen LogP contribution in [0.15, 0.2) is 36.9 Å². The summed E-state index contributed by atoms with van der Waals surface area (Å²) in [5.41, 5.74) is 3.28. The molecule has 112 valence electrons. The summed E-state index contributed by atoms with van der Waals surface area (Å²) in [6.45, 7) is 4.73. The summed E-state index contributed by atoms with van der Waals surface area (Å²) in [6.07, 6.45) is 2.25. The zero-order valence-corrected chi connectivity index (χ0v) is 12.2. The summed E-state index contributed by atoms with van der Waals surface area (Å²) in [4.78, 5) is 31.7. The zero-order chi connectivity index (χ0) is 15.3. The van der Waals surface area contributed by atoms with Gasteiger partial charge in [0, 0.05) is 29.6 Å². The van der Waals surface area contributed by atoms with Gasteiger partial charge in [0.05, 0.1) is 6.54 Å². The van der Waals surface area contributed by atoms with Crippen molar-refractivity contribution < 1.29 is 9.59 Å². The fraction of sp³-hybridized carbons (Fsp3) is 0.294. The Morgan fingerprint density at radius 2 is 2.09 bits per heavy atom. The van der Waals surface area contributed by atoms with Gasteiger partial charge in [0.1, 0.15) is 12.6 Å². The van der Waals surface area contributed by atoms with Crippen LogP contribution in [-0.4, -0.2) is 45.7 Å². The van der Waals surface area contributed by atoms with Crippen LogP contribution < -0.4 is 0 Å². The monoisotopic (exact) mass is 295 g/mol. The topological polar surface area (TPSA) is 56.4 Å². The number of nitrogens with zero attached hydrogens (tertiary/aromatic N) is 2. The highest BCUT2D eigenvalue weighted by atomic mass is 16.2. The van der Waals surface area contributed by atoms with E-state index in [0.29, 0.717) is 19.5 Å². The zero-order valence-electron chi connectivity index (χ0n) is 12.2. The largest absolute Gasteiger partial charge is 0.357 e. The SMILES string of the molecule is C=CCN1CC(=O)N2Cc3[nH]c4ccccc4c3C[C@@H]2C1=O. The first-order chi connectivity index (χ1) is 10.7. The van der Waals surface area contributed by atoms with Gasteiger partial charge in [-0.3, -0.25) is 9.59 Å². The molecule has 0 radical (unpaired) electrons. The third-order valence-corrected chi connectivity index (χ3v) is 4.60. The van der Waals surface area contributed by atoms with Crippen molar-refractivity contribution in [3.63, 3.8) is 0 Å². The molecule has 1 N–H and O–H groups in total. The number of nitrogens with one attached hydrogen (secondary N) is 1. The molecule has 0 bridgehead atoms. The van der Waals surface area contributed by atoms with Crippen LogP contribution in [0.25, 0.3) is 10.9 Å². The number of carbonyl (C=O) groups is 2. The fourth-order valence-corrected chi connectivity index (χ4v) is 3.54. The lowest BCUT2D eigenvalue weighted by Gasteiger charge is -2.42. The van der Waals surface area contributed by atoms with Gasteiger partial charge in [-0.25, -0.2) is 0 Å². The summed E-state index contributed by atoms with van der Waals surface area (Å²) < 4.78 is 0. The van der Waals surface area contributed by atoms with Crippen molar-refractivity contribution in [2.75, 3.05) is 13.1 Å². The quantitative estimate of drug-likeness (QED) is 0.853. The van der Waals surface area contributed by atoms with Crippen LogP contribution in [-0.2, 0) is 22.6 Å². The van der Waals surface area contributed by atoms with Gasteiger partial charge in [-0.1, -0.05) is 24.3 Å². The second-order valence-electron chi connectivity index (χ2n) is 5.88. The number of carbonyl (C=O) groups excluding carboxylic acids is 2. The third-order valence-electron chi connectivity index (χ3n) is 4.60. The van der Waals surface area contributed by atoms with Crippen LogP contribution in [0, 0.1) is 0 Å². The number of fused-ring (bicyclic) bond motifs is 4. The minimum atomic E-state index is -0.382. The van der Waals surface area contributed by atoms with E-state index in [-0.39, 0.29) is 24.4 Å². The van der Waals surface area contributed by atoms with E-state index in [0.717, 1.165) is 16.6 Å². The number of H-pyrrole nitrogens is 1. The number of para-hydroxylation sites is 1. The highest BCUT2D eigenvalue weighted by molar-refractivity contribution is 5.96.